The number of para-hydroxylation sites is 2. The number of carbonyl (C=O) groups is 1. The second-order valence-corrected chi connectivity index (χ2v) is 7.52. The van der Waals surface area contributed by atoms with Gasteiger partial charge in [0.05, 0.1) is 21.5 Å². The number of aromatic amines is 1. The van der Waals surface area contributed by atoms with Gasteiger partial charge < -0.3 is 14.9 Å². The van der Waals surface area contributed by atoms with Gasteiger partial charge in [-0.25, -0.2) is 4.98 Å². The topological polar surface area (TPSA) is 106 Å². The van der Waals surface area contributed by atoms with E-state index in [0.29, 0.717) is 22.3 Å². The average molecular weight is 425 g/mol. The van der Waals surface area contributed by atoms with Gasteiger partial charge in [0, 0.05) is 36.3 Å². The summed E-state index contributed by atoms with van der Waals surface area (Å²) in [6.45, 7) is 0. The number of aryl methyl sites for hydroxylation is 1. The van der Waals surface area contributed by atoms with Crippen molar-refractivity contribution in [2.75, 3.05) is 0 Å². The summed E-state index contributed by atoms with van der Waals surface area (Å²) in [6.07, 6.45) is 1.57. The van der Waals surface area contributed by atoms with Crippen molar-refractivity contribution in [2.24, 2.45) is 7.05 Å². The van der Waals surface area contributed by atoms with Crippen LogP contribution < -0.4 is 5.32 Å². The Morgan fingerprint density at radius 3 is 2.59 bits per heavy atom. The molecule has 5 rings (SSSR count). The molecule has 8 heteroatoms. The Hall–Kier alpha value is -4.46. The number of hydrogen-bond acceptors (Lipinski definition) is 4. The normalized spacial score (nSPS) is 12.2. The summed E-state index contributed by atoms with van der Waals surface area (Å²) < 4.78 is 1.97. The fourth-order valence-corrected chi connectivity index (χ4v) is 3.98. The molecule has 2 aromatic heterocycles. The van der Waals surface area contributed by atoms with Crippen LogP contribution in [0.4, 0.5) is 5.69 Å². The van der Waals surface area contributed by atoms with E-state index in [2.05, 4.69) is 10.3 Å². The van der Waals surface area contributed by atoms with E-state index < -0.39 is 11.0 Å². The number of non-ortho nitro benzene ring substituents is 1. The number of benzene rings is 3. The second kappa shape index (κ2) is 7.66. The van der Waals surface area contributed by atoms with Gasteiger partial charge in [0.2, 0.25) is 0 Å². The molecule has 1 unspecified atom stereocenters. The van der Waals surface area contributed by atoms with Crippen LogP contribution in [0, 0.1) is 10.1 Å². The Bertz CT molecular complexity index is 1470. The van der Waals surface area contributed by atoms with Crippen molar-refractivity contribution in [3.05, 3.63) is 106 Å². The lowest BCUT2D eigenvalue weighted by molar-refractivity contribution is -0.384. The maximum Gasteiger partial charge on any atom is 0.270 e. The summed E-state index contributed by atoms with van der Waals surface area (Å²) in [4.78, 5) is 31.9. The van der Waals surface area contributed by atoms with Gasteiger partial charge >= 0.3 is 0 Å². The van der Waals surface area contributed by atoms with E-state index in [1.165, 1.54) is 12.1 Å². The van der Waals surface area contributed by atoms with Gasteiger partial charge in [-0.2, -0.15) is 0 Å². The molecule has 2 heterocycles. The van der Waals surface area contributed by atoms with Crippen LogP contribution in [-0.2, 0) is 7.05 Å². The van der Waals surface area contributed by atoms with E-state index in [0.717, 1.165) is 16.6 Å². The van der Waals surface area contributed by atoms with Crippen molar-refractivity contribution in [1.82, 2.24) is 19.9 Å². The molecule has 2 N–H and O–H groups in total. The quantitative estimate of drug-likeness (QED) is 0.320. The third kappa shape index (κ3) is 3.27. The Labute approximate surface area is 182 Å². The summed E-state index contributed by atoms with van der Waals surface area (Å²) in [5.74, 6) is 0.342. The van der Waals surface area contributed by atoms with Crippen LogP contribution in [0.15, 0.2) is 79.0 Å². The number of nitro groups is 1. The van der Waals surface area contributed by atoms with Gasteiger partial charge in [-0.1, -0.05) is 42.5 Å². The minimum atomic E-state index is -0.509. The third-order valence-electron chi connectivity index (χ3n) is 5.61. The number of nitrogens with one attached hydrogen (secondary N) is 2. The molecule has 0 aliphatic rings. The smallest absolute Gasteiger partial charge is 0.270 e. The molecule has 158 valence electrons. The molecule has 0 aliphatic heterocycles. The molecule has 8 nitrogen and oxygen atoms in total. The van der Waals surface area contributed by atoms with Crippen molar-refractivity contribution in [1.29, 1.82) is 0 Å². The highest BCUT2D eigenvalue weighted by atomic mass is 16.6. The number of imidazole rings is 1. The fraction of sp³-hybridized carbons (Fsp3) is 0.0833. The Morgan fingerprint density at radius 2 is 1.84 bits per heavy atom. The highest BCUT2D eigenvalue weighted by Crippen LogP contribution is 2.27. The van der Waals surface area contributed by atoms with E-state index >= 15 is 0 Å². The van der Waals surface area contributed by atoms with Crippen LogP contribution in [0.5, 0.6) is 0 Å². The summed E-state index contributed by atoms with van der Waals surface area (Å²) in [7, 11) is 1.92. The molecule has 0 radical (unpaired) electrons. The molecular weight excluding hydrogens is 406 g/mol. The SMILES string of the molecule is Cn1c(C(NC(=O)c2c[nH]c3ccc([N+](=O)[O-])cc23)c2ccccc2)nc2ccccc21. The van der Waals surface area contributed by atoms with Crippen molar-refractivity contribution in [3.63, 3.8) is 0 Å². The van der Waals surface area contributed by atoms with E-state index in [4.69, 9.17) is 4.98 Å². The van der Waals surface area contributed by atoms with E-state index in [-0.39, 0.29) is 11.6 Å². The first-order chi connectivity index (χ1) is 15.5. The first-order valence-corrected chi connectivity index (χ1v) is 10.1. The van der Waals surface area contributed by atoms with Crippen LogP contribution in [-0.4, -0.2) is 25.4 Å². The molecule has 0 saturated carbocycles. The average Bonchev–Trinajstić information content (AvgIpc) is 3.39. The minimum Gasteiger partial charge on any atom is -0.360 e. The predicted octanol–water partition coefficient (Wildman–Crippen LogP) is 4.48. The molecule has 0 aliphatic carbocycles. The first-order valence-electron chi connectivity index (χ1n) is 10.1. The monoisotopic (exact) mass is 425 g/mol. The molecule has 0 saturated heterocycles. The minimum absolute atomic E-state index is 0.0684. The predicted molar refractivity (Wildman–Crippen MR) is 121 cm³/mol. The van der Waals surface area contributed by atoms with Crippen molar-refractivity contribution in [3.8, 4) is 0 Å². The number of carbonyl (C=O) groups excluding carboxylic acids is 1. The Kier molecular flexibility index (Phi) is 4.67. The molecule has 1 amide bonds. The standard InChI is InChI=1S/C24H19N5O3/c1-28-21-10-6-5-9-20(21)26-23(28)22(15-7-3-2-4-8-15)27-24(30)18-14-25-19-12-11-16(29(31)32)13-17(18)19/h2-14,22,25H,1H3,(H,27,30). The number of nitrogens with zero attached hydrogens (tertiary/aromatic N) is 3. The van der Waals surface area contributed by atoms with Crippen LogP contribution in [0.3, 0.4) is 0 Å². The molecule has 5 aromatic rings. The number of nitro benzene ring substituents is 1. The van der Waals surface area contributed by atoms with Crippen LogP contribution >= 0.6 is 0 Å². The molecule has 0 fully saturated rings. The number of amides is 1. The van der Waals surface area contributed by atoms with Crippen LogP contribution in [0.1, 0.15) is 27.8 Å². The van der Waals surface area contributed by atoms with Gasteiger partial charge in [-0.05, 0) is 23.8 Å². The highest BCUT2D eigenvalue weighted by Gasteiger charge is 2.25. The van der Waals surface area contributed by atoms with Gasteiger partial charge in [-0.15, -0.1) is 0 Å². The first kappa shape index (κ1) is 19.5. The summed E-state index contributed by atoms with van der Waals surface area (Å²) in [6, 6.07) is 21.3. The number of rotatable bonds is 5. The number of H-pyrrole nitrogens is 1. The highest BCUT2D eigenvalue weighted by molar-refractivity contribution is 6.07. The summed E-state index contributed by atoms with van der Waals surface area (Å²) in [5.41, 5.74) is 3.60. The van der Waals surface area contributed by atoms with Gasteiger partial charge in [0.15, 0.2) is 0 Å². The zero-order valence-electron chi connectivity index (χ0n) is 17.1. The van der Waals surface area contributed by atoms with Crippen molar-refractivity contribution in [2.45, 2.75) is 6.04 Å². The lowest BCUT2D eigenvalue weighted by atomic mass is 10.0. The maximum atomic E-state index is 13.3. The lowest BCUT2D eigenvalue weighted by Gasteiger charge is -2.19. The van der Waals surface area contributed by atoms with Crippen molar-refractivity contribution < 1.29 is 9.72 Å². The Balaban J connectivity index is 1.58. The van der Waals surface area contributed by atoms with Crippen LogP contribution in [0.2, 0.25) is 0 Å². The maximum absolute atomic E-state index is 13.3. The molecule has 3 aromatic carbocycles. The second-order valence-electron chi connectivity index (χ2n) is 7.52. The lowest BCUT2D eigenvalue weighted by Crippen LogP contribution is -2.31. The van der Waals surface area contributed by atoms with E-state index in [1.54, 1.807) is 12.3 Å². The zero-order chi connectivity index (χ0) is 22.2. The molecule has 0 bridgehead atoms. The van der Waals surface area contributed by atoms with E-state index in [9.17, 15) is 14.9 Å². The number of hydrogen-bond donors (Lipinski definition) is 2. The zero-order valence-corrected chi connectivity index (χ0v) is 17.1. The van der Waals surface area contributed by atoms with Crippen molar-refractivity contribution >= 4 is 33.5 Å². The third-order valence-corrected chi connectivity index (χ3v) is 5.61. The number of fused-ring (bicyclic) bond motifs is 2. The molecule has 0 spiro atoms. The summed E-state index contributed by atoms with van der Waals surface area (Å²) in [5, 5.41) is 14.8. The number of aromatic nitrogens is 3. The fourth-order valence-electron chi connectivity index (χ4n) is 3.98. The van der Waals surface area contributed by atoms with Gasteiger partial charge in [-0.3, -0.25) is 14.9 Å². The Morgan fingerprint density at radius 1 is 1.09 bits per heavy atom. The van der Waals surface area contributed by atoms with Gasteiger partial charge in [0.25, 0.3) is 11.6 Å². The van der Waals surface area contributed by atoms with Gasteiger partial charge in [0.1, 0.15) is 11.9 Å². The molecule has 1 atom stereocenters. The molecule has 32 heavy (non-hydrogen) atoms. The largest absolute Gasteiger partial charge is 0.360 e. The van der Waals surface area contributed by atoms with Crippen LogP contribution in [0.25, 0.3) is 21.9 Å². The summed E-state index contributed by atoms with van der Waals surface area (Å²) >= 11 is 0. The van der Waals surface area contributed by atoms with E-state index in [1.807, 2.05) is 66.2 Å². The molecular formula is C24H19N5O3.